The Hall–Kier alpha value is -1.22. The SMILES string of the molecule is CCC1CN(CC)c2cc(CC3CCNCC3)ccc2O1. The molecule has 2 heterocycles. The Bertz CT molecular complexity index is 468. The molecule has 1 N–H and O–H groups in total. The predicted octanol–water partition coefficient (Wildman–Crippen LogP) is 3.23. The number of rotatable bonds is 4. The molecule has 1 saturated heterocycles. The minimum atomic E-state index is 0.340. The molecule has 1 aromatic rings. The Morgan fingerprint density at radius 3 is 2.76 bits per heavy atom. The van der Waals surface area contributed by atoms with E-state index in [4.69, 9.17) is 4.74 Å². The Morgan fingerprint density at radius 2 is 2.05 bits per heavy atom. The fourth-order valence-electron chi connectivity index (χ4n) is 3.53. The zero-order valence-electron chi connectivity index (χ0n) is 13.4. The van der Waals surface area contributed by atoms with Gasteiger partial charge in [0.2, 0.25) is 0 Å². The second-order valence-electron chi connectivity index (χ2n) is 6.39. The van der Waals surface area contributed by atoms with Crippen molar-refractivity contribution in [1.29, 1.82) is 0 Å². The van der Waals surface area contributed by atoms with Crippen LogP contribution >= 0.6 is 0 Å². The van der Waals surface area contributed by atoms with Gasteiger partial charge in [-0.1, -0.05) is 13.0 Å². The van der Waals surface area contributed by atoms with Gasteiger partial charge in [-0.25, -0.2) is 0 Å². The van der Waals surface area contributed by atoms with Crippen molar-refractivity contribution in [2.75, 3.05) is 31.1 Å². The van der Waals surface area contributed by atoms with E-state index in [2.05, 4.69) is 42.3 Å². The van der Waals surface area contributed by atoms with Gasteiger partial charge < -0.3 is 15.0 Å². The third kappa shape index (κ3) is 3.34. The first-order valence-corrected chi connectivity index (χ1v) is 8.55. The van der Waals surface area contributed by atoms with E-state index in [1.165, 1.54) is 43.6 Å². The van der Waals surface area contributed by atoms with E-state index in [9.17, 15) is 0 Å². The minimum Gasteiger partial charge on any atom is -0.486 e. The molecule has 0 bridgehead atoms. The van der Waals surface area contributed by atoms with Crippen LogP contribution in [0.2, 0.25) is 0 Å². The van der Waals surface area contributed by atoms with Crippen molar-refractivity contribution < 1.29 is 4.74 Å². The summed E-state index contributed by atoms with van der Waals surface area (Å²) >= 11 is 0. The van der Waals surface area contributed by atoms with Gasteiger partial charge in [-0.05, 0) is 69.3 Å². The number of anilines is 1. The molecule has 0 aromatic heterocycles. The first-order valence-electron chi connectivity index (χ1n) is 8.55. The molecule has 3 heteroatoms. The molecule has 3 rings (SSSR count). The van der Waals surface area contributed by atoms with E-state index in [1.54, 1.807) is 0 Å². The lowest BCUT2D eigenvalue weighted by molar-refractivity contribution is 0.189. The normalized spacial score (nSPS) is 22.8. The molecule has 116 valence electrons. The van der Waals surface area contributed by atoms with Crippen LogP contribution in [0.15, 0.2) is 18.2 Å². The van der Waals surface area contributed by atoms with Crippen LogP contribution < -0.4 is 15.0 Å². The van der Waals surface area contributed by atoms with E-state index in [0.717, 1.165) is 31.2 Å². The summed E-state index contributed by atoms with van der Waals surface area (Å²) in [5.41, 5.74) is 2.77. The van der Waals surface area contributed by atoms with Gasteiger partial charge in [-0.2, -0.15) is 0 Å². The van der Waals surface area contributed by atoms with Crippen LogP contribution in [-0.2, 0) is 6.42 Å². The van der Waals surface area contributed by atoms with E-state index in [-0.39, 0.29) is 0 Å². The number of nitrogens with one attached hydrogen (secondary N) is 1. The highest BCUT2D eigenvalue weighted by Gasteiger charge is 2.24. The number of hydrogen-bond acceptors (Lipinski definition) is 3. The fourth-order valence-corrected chi connectivity index (χ4v) is 3.53. The Labute approximate surface area is 128 Å². The van der Waals surface area contributed by atoms with Crippen molar-refractivity contribution in [3.8, 4) is 5.75 Å². The summed E-state index contributed by atoms with van der Waals surface area (Å²) in [6.07, 6.45) is 5.25. The van der Waals surface area contributed by atoms with Crippen molar-refractivity contribution in [2.45, 2.75) is 45.6 Å². The Kier molecular flexibility index (Phi) is 4.69. The summed E-state index contributed by atoms with van der Waals surface area (Å²) < 4.78 is 6.11. The first-order chi connectivity index (χ1) is 10.3. The Morgan fingerprint density at radius 1 is 1.24 bits per heavy atom. The molecule has 1 fully saturated rings. The lowest BCUT2D eigenvalue weighted by atomic mass is 9.90. The second kappa shape index (κ2) is 6.69. The molecule has 21 heavy (non-hydrogen) atoms. The average molecular weight is 288 g/mol. The highest BCUT2D eigenvalue weighted by Crippen LogP contribution is 2.35. The van der Waals surface area contributed by atoms with Gasteiger partial charge in [0, 0.05) is 6.54 Å². The fraction of sp³-hybridized carbons (Fsp3) is 0.667. The molecule has 0 spiro atoms. The van der Waals surface area contributed by atoms with E-state index < -0.39 is 0 Å². The molecular weight excluding hydrogens is 260 g/mol. The van der Waals surface area contributed by atoms with Crippen LogP contribution in [0.3, 0.4) is 0 Å². The lowest BCUT2D eigenvalue weighted by Crippen LogP contribution is -2.39. The molecule has 1 aromatic carbocycles. The number of benzene rings is 1. The van der Waals surface area contributed by atoms with Gasteiger partial charge in [0.25, 0.3) is 0 Å². The van der Waals surface area contributed by atoms with Crippen LogP contribution in [0.25, 0.3) is 0 Å². The third-order valence-electron chi connectivity index (χ3n) is 4.90. The second-order valence-corrected chi connectivity index (χ2v) is 6.39. The van der Waals surface area contributed by atoms with Gasteiger partial charge in [0.05, 0.1) is 12.2 Å². The molecule has 2 aliphatic rings. The number of likely N-dealkylation sites (N-methyl/N-ethyl adjacent to an activating group) is 1. The zero-order chi connectivity index (χ0) is 14.7. The van der Waals surface area contributed by atoms with Crippen LogP contribution in [-0.4, -0.2) is 32.3 Å². The largest absolute Gasteiger partial charge is 0.486 e. The number of ether oxygens (including phenoxy) is 1. The zero-order valence-corrected chi connectivity index (χ0v) is 13.4. The van der Waals surface area contributed by atoms with Gasteiger partial charge >= 0.3 is 0 Å². The summed E-state index contributed by atoms with van der Waals surface area (Å²) in [6, 6.07) is 6.83. The van der Waals surface area contributed by atoms with Gasteiger partial charge in [0.1, 0.15) is 11.9 Å². The number of nitrogens with zero attached hydrogens (tertiary/aromatic N) is 1. The van der Waals surface area contributed by atoms with E-state index >= 15 is 0 Å². The van der Waals surface area contributed by atoms with Crippen LogP contribution in [0.1, 0.15) is 38.7 Å². The van der Waals surface area contributed by atoms with E-state index in [0.29, 0.717) is 6.10 Å². The summed E-state index contributed by atoms with van der Waals surface area (Å²) in [6.45, 7) is 8.88. The summed E-state index contributed by atoms with van der Waals surface area (Å²) in [7, 11) is 0. The maximum atomic E-state index is 6.11. The molecule has 3 nitrogen and oxygen atoms in total. The maximum absolute atomic E-state index is 6.11. The molecule has 2 aliphatic heterocycles. The third-order valence-corrected chi connectivity index (χ3v) is 4.90. The smallest absolute Gasteiger partial charge is 0.143 e. The summed E-state index contributed by atoms with van der Waals surface area (Å²) in [4.78, 5) is 2.47. The topological polar surface area (TPSA) is 24.5 Å². The standard InChI is InChI=1S/C18H28N2O/c1-3-16-13-20(4-2)17-12-15(5-6-18(17)21-16)11-14-7-9-19-10-8-14/h5-6,12,14,16,19H,3-4,7-11,13H2,1-2H3. The van der Waals surface area contributed by atoms with Crippen LogP contribution in [0, 0.1) is 5.92 Å². The average Bonchev–Trinajstić information content (AvgIpc) is 2.54. The van der Waals surface area contributed by atoms with Crippen molar-refractivity contribution in [3.63, 3.8) is 0 Å². The van der Waals surface area contributed by atoms with Crippen LogP contribution in [0.4, 0.5) is 5.69 Å². The first kappa shape index (κ1) is 14.7. The number of fused-ring (bicyclic) bond motifs is 1. The Balaban J connectivity index is 1.76. The number of hydrogen-bond donors (Lipinski definition) is 1. The summed E-state index contributed by atoms with van der Waals surface area (Å²) in [5, 5.41) is 3.45. The molecular formula is C18H28N2O. The molecule has 1 atom stereocenters. The van der Waals surface area contributed by atoms with Gasteiger partial charge in [0.15, 0.2) is 0 Å². The molecule has 0 saturated carbocycles. The highest BCUT2D eigenvalue weighted by molar-refractivity contribution is 5.61. The van der Waals surface area contributed by atoms with Crippen molar-refractivity contribution in [3.05, 3.63) is 23.8 Å². The molecule has 0 radical (unpaired) electrons. The monoisotopic (exact) mass is 288 g/mol. The maximum Gasteiger partial charge on any atom is 0.143 e. The van der Waals surface area contributed by atoms with E-state index in [1.807, 2.05) is 0 Å². The van der Waals surface area contributed by atoms with Crippen molar-refractivity contribution in [2.24, 2.45) is 5.92 Å². The van der Waals surface area contributed by atoms with Gasteiger partial charge in [-0.15, -0.1) is 0 Å². The van der Waals surface area contributed by atoms with Crippen molar-refractivity contribution >= 4 is 5.69 Å². The van der Waals surface area contributed by atoms with Gasteiger partial charge in [-0.3, -0.25) is 0 Å². The summed E-state index contributed by atoms with van der Waals surface area (Å²) in [5.74, 6) is 1.91. The quantitative estimate of drug-likeness (QED) is 0.920. The molecule has 1 unspecified atom stereocenters. The number of piperidine rings is 1. The van der Waals surface area contributed by atoms with Crippen molar-refractivity contribution in [1.82, 2.24) is 5.32 Å². The predicted molar refractivity (Wildman–Crippen MR) is 88.3 cm³/mol. The molecule has 0 aliphatic carbocycles. The van der Waals surface area contributed by atoms with Crippen LogP contribution in [0.5, 0.6) is 5.75 Å². The lowest BCUT2D eigenvalue weighted by Gasteiger charge is -2.36. The highest BCUT2D eigenvalue weighted by atomic mass is 16.5. The minimum absolute atomic E-state index is 0.340. The molecule has 0 amide bonds.